The molecule has 0 bridgehead atoms. The summed E-state index contributed by atoms with van der Waals surface area (Å²) in [5.74, 6) is -0.631. The highest BCUT2D eigenvalue weighted by molar-refractivity contribution is 7.89. The number of rotatable bonds is 4. The van der Waals surface area contributed by atoms with Gasteiger partial charge in [0.15, 0.2) is 0 Å². The lowest BCUT2D eigenvalue weighted by Crippen LogP contribution is -2.24. The Labute approximate surface area is 116 Å². The molecule has 0 atom stereocenters. The standard InChI is InChI=1S/C12H15FN4O2S/c1-8-3-10(13)11(14)4-12(8)20(18,19)16-6-9-5-15-17(2)7-9/h3-5,7,16H,6,14H2,1-2H3. The Balaban J connectivity index is 2.24. The molecule has 108 valence electrons. The Hall–Kier alpha value is -1.93. The van der Waals surface area contributed by atoms with Gasteiger partial charge in [0.2, 0.25) is 10.0 Å². The molecule has 2 aromatic rings. The van der Waals surface area contributed by atoms with Gasteiger partial charge in [-0.2, -0.15) is 5.10 Å². The molecule has 0 unspecified atom stereocenters. The predicted molar refractivity (Wildman–Crippen MR) is 72.8 cm³/mol. The number of sulfonamides is 1. The quantitative estimate of drug-likeness (QED) is 0.822. The Kier molecular flexibility index (Phi) is 3.78. The van der Waals surface area contributed by atoms with Crippen LogP contribution in [0.5, 0.6) is 0 Å². The normalized spacial score (nSPS) is 11.8. The van der Waals surface area contributed by atoms with Gasteiger partial charge in [-0.25, -0.2) is 17.5 Å². The average molecular weight is 298 g/mol. The van der Waals surface area contributed by atoms with Crippen molar-refractivity contribution in [2.24, 2.45) is 7.05 Å². The molecule has 6 nitrogen and oxygen atoms in total. The number of nitrogens with zero attached hydrogens (tertiary/aromatic N) is 2. The molecule has 0 aliphatic carbocycles. The first-order valence-corrected chi connectivity index (χ1v) is 7.31. The molecule has 0 saturated heterocycles. The van der Waals surface area contributed by atoms with Crippen LogP contribution in [0.25, 0.3) is 0 Å². The van der Waals surface area contributed by atoms with Gasteiger partial charge >= 0.3 is 0 Å². The number of aryl methyl sites for hydroxylation is 2. The molecular weight excluding hydrogens is 283 g/mol. The summed E-state index contributed by atoms with van der Waals surface area (Å²) >= 11 is 0. The van der Waals surface area contributed by atoms with Crippen LogP contribution in [0.15, 0.2) is 29.4 Å². The number of aromatic nitrogens is 2. The molecule has 0 aliphatic heterocycles. The zero-order valence-corrected chi connectivity index (χ0v) is 11.9. The minimum absolute atomic E-state index is 0.0275. The van der Waals surface area contributed by atoms with Crippen LogP contribution in [0.1, 0.15) is 11.1 Å². The van der Waals surface area contributed by atoms with Crippen molar-refractivity contribution in [2.75, 3.05) is 5.73 Å². The molecule has 2 rings (SSSR count). The van der Waals surface area contributed by atoms with Crippen LogP contribution >= 0.6 is 0 Å². The van der Waals surface area contributed by atoms with Gasteiger partial charge < -0.3 is 5.73 Å². The van der Waals surface area contributed by atoms with Gasteiger partial charge in [-0.1, -0.05) is 0 Å². The van der Waals surface area contributed by atoms with Crippen LogP contribution in [-0.2, 0) is 23.6 Å². The van der Waals surface area contributed by atoms with E-state index in [4.69, 9.17) is 5.73 Å². The first-order chi connectivity index (χ1) is 9.29. The molecule has 3 N–H and O–H groups in total. The van der Waals surface area contributed by atoms with Crippen LogP contribution in [-0.4, -0.2) is 18.2 Å². The number of hydrogen-bond acceptors (Lipinski definition) is 4. The van der Waals surface area contributed by atoms with E-state index in [1.165, 1.54) is 6.92 Å². The smallest absolute Gasteiger partial charge is 0.241 e. The maximum absolute atomic E-state index is 13.3. The maximum atomic E-state index is 13.3. The largest absolute Gasteiger partial charge is 0.396 e. The van der Waals surface area contributed by atoms with Crippen LogP contribution in [0, 0.1) is 12.7 Å². The van der Waals surface area contributed by atoms with E-state index in [-0.39, 0.29) is 17.1 Å². The van der Waals surface area contributed by atoms with Gasteiger partial charge in [0.25, 0.3) is 0 Å². The van der Waals surface area contributed by atoms with Crippen molar-refractivity contribution in [1.82, 2.24) is 14.5 Å². The SMILES string of the molecule is Cc1cc(F)c(N)cc1S(=O)(=O)NCc1cnn(C)c1. The summed E-state index contributed by atoms with van der Waals surface area (Å²) in [5.41, 5.74) is 6.25. The fourth-order valence-electron chi connectivity index (χ4n) is 1.78. The van der Waals surface area contributed by atoms with Crippen molar-refractivity contribution in [1.29, 1.82) is 0 Å². The average Bonchev–Trinajstić information content (AvgIpc) is 2.77. The molecule has 0 fully saturated rings. The van der Waals surface area contributed by atoms with Crippen LogP contribution in [0.4, 0.5) is 10.1 Å². The minimum Gasteiger partial charge on any atom is -0.396 e. The van der Waals surface area contributed by atoms with Gasteiger partial charge in [-0.05, 0) is 24.6 Å². The van der Waals surface area contributed by atoms with Crippen molar-refractivity contribution in [3.8, 4) is 0 Å². The molecular formula is C12H15FN4O2S. The highest BCUT2D eigenvalue weighted by atomic mass is 32.2. The van der Waals surface area contributed by atoms with Crippen molar-refractivity contribution >= 4 is 15.7 Å². The second-order valence-electron chi connectivity index (χ2n) is 4.49. The first-order valence-electron chi connectivity index (χ1n) is 5.82. The van der Waals surface area contributed by atoms with Crippen molar-refractivity contribution < 1.29 is 12.8 Å². The highest BCUT2D eigenvalue weighted by Gasteiger charge is 2.18. The van der Waals surface area contributed by atoms with E-state index >= 15 is 0 Å². The number of nitrogens with one attached hydrogen (secondary N) is 1. The topological polar surface area (TPSA) is 90.0 Å². The summed E-state index contributed by atoms with van der Waals surface area (Å²) in [4.78, 5) is -0.0275. The van der Waals surface area contributed by atoms with Crippen LogP contribution < -0.4 is 10.5 Å². The van der Waals surface area contributed by atoms with Crippen molar-refractivity contribution in [3.63, 3.8) is 0 Å². The number of hydrogen-bond donors (Lipinski definition) is 2. The summed E-state index contributed by atoms with van der Waals surface area (Å²) in [6, 6.07) is 2.23. The first kappa shape index (κ1) is 14.5. The Morgan fingerprint density at radius 2 is 2.15 bits per heavy atom. The Morgan fingerprint density at radius 3 is 2.75 bits per heavy atom. The zero-order chi connectivity index (χ0) is 14.9. The van der Waals surface area contributed by atoms with E-state index in [1.54, 1.807) is 24.1 Å². The number of benzene rings is 1. The molecule has 1 heterocycles. The van der Waals surface area contributed by atoms with Gasteiger partial charge in [0.05, 0.1) is 16.8 Å². The van der Waals surface area contributed by atoms with E-state index in [0.717, 1.165) is 17.7 Å². The lowest BCUT2D eigenvalue weighted by molar-refractivity contribution is 0.579. The molecule has 0 spiro atoms. The zero-order valence-electron chi connectivity index (χ0n) is 11.1. The lowest BCUT2D eigenvalue weighted by atomic mass is 10.2. The summed E-state index contributed by atoms with van der Waals surface area (Å²) < 4.78 is 41.6. The van der Waals surface area contributed by atoms with Crippen molar-refractivity contribution in [2.45, 2.75) is 18.4 Å². The number of halogens is 1. The third-order valence-corrected chi connectivity index (χ3v) is 4.35. The number of nitrogens with two attached hydrogens (primary N) is 1. The fraction of sp³-hybridized carbons (Fsp3) is 0.250. The Bertz CT molecular complexity index is 740. The van der Waals surface area contributed by atoms with Gasteiger partial charge in [-0.3, -0.25) is 4.68 Å². The van der Waals surface area contributed by atoms with E-state index in [0.29, 0.717) is 5.56 Å². The second kappa shape index (κ2) is 5.22. The van der Waals surface area contributed by atoms with Gasteiger partial charge in [0.1, 0.15) is 5.82 Å². The summed E-state index contributed by atoms with van der Waals surface area (Å²) in [5, 5.41) is 3.95. The van der Waals surface area contributed by atoms with Crippen LogP contribution in [0.3, 0.4) is 0 Å². The highest BCUT2D eigenvalue weighted by Crippen LogP contribution is 2.21. The third-order valence-electron chi connectivity index (χ3n) is 2.81. The monoisotopic (exact) mass is 298 g/mol. The summed E-state index contributed by atoms with van der Waals surface area (Å²) in [6.45, 7) is 1.62. The lowest BCUT2D eigenvalue weighted by Gasteiger charge is -2.10. The predicted octanol–water partition coefficient (Wildman–Crippen LogP) is 0.928. The molecule has 8 heteroatoms. The molecule has 0 aliphatic rings. The van der Waals surface area contributed by atoms with E-state index < -0.39 is 15.8 Å². The van der Waals surface area contributed by atoms with E-state index in [9.17, 15) is 12.8 Å². The fourth-order valence-corrected chi connectivity index (χ4v) is 3.05. The van der Waals surface area contributed by atoms with Crippen molar-refractivity contribution in [3.05, 3.63) is 41.5 Å². The number of nitrogen functional groups attached to an aromatic ring is 1. The molecule has 0 amide bonds. The molecule has 0 radical (unpaired) electrons. The van der Waals surface area contributed by atoms with Crippen LogP contribution in [0.2, 0.25) is 0 Å². The molecule has 20 heavy (non-hydrogen) atoms. The summed E-state index contributed by atoms with van der Waals surface area (Å²) in [7, 11) is -2.01. The minimum atomic E-state index is -3.75. The summed E-state index contributed by atoms with van der Waals surface area (Å²) in [6.07, 6.45) is 3.27. The Morgan fingerprint density at radius 1 is 1.45 bits per heavy atom. The number of anilines is 1. The van der Waals surface area contributed by atoms with E-state index in [1.807, 2.05) is 0 Å². The maximum Gasteiger partial charge on any atom is 0.241 e. The van der Waals surface area contributed by atoms with Gasteiger partial charge in [-0.15, -0.1) is 0 Å². The molecule has 1 aromatic carbocycles. The van der Waals surface area contributed by atoms with E-state index in [2.05, 4.69) is 9.82 Å². The molecule has 1 aromatic heterocycles. The third kappa shape index (κ3) is 2.97. The van der Waals surface area contributed by atoms with Gasteiger partial charge in [0, 0.05) is 25.4 Å². The molecule has 0 saturated carbocycles. The second-order valence-corrected chi connectivity index (χ2v) is 6.22.